The molecule has 0 aromatic heterocycles. The molecule has 1 fully saturated rings. The van der Waals surface area contributed by atoms with Crippen molar-refractivity contribution in [1.29, 1.82) is 0 Å². The monoisotopic (exact) mass is 200 g/mol. The predicted molar refractivity (Wildman–Crippen MR) is 54.8 cm³/mol. The van der Waals surface area contributed by atoms with E-state index in [2.05, 4.69) is 13.8 Å². The number of carbonyl (C=O) groups excluding carboxylic acids is 1. The van der Waals surface area contributed by atoms with E-state index in [0.717, 1.165) is 6.42 Å². The Balaban J connectivity index is 2.38. The molecule has 4 heteroatoms. The molecule has 0 saturated carbocycles. The Morgan fingerprint density at radius 2 is 2.36 bits per heavy atom. The first-order chi connectivity index (χ1) is 6.65. The minimum absolute atomic E-state index is 0.0648. The fourth-order valence-corrected chi connectivity index (χ4v) is 1.48. The average molecular weight is 200 g/mol. The Bertz CT molecular complexity index is 197. The van der Waals surface area contributed by atoms with Crippen LogP contribution >= 0.6 is 0 Å². The molecule has 0 radical (unpaired) electrons. The zero-order valence-electron chi connectivity index (χ0n) is 9.03. The van der Waals surface area contributed by atoms with E-state index in [-0.39, 0.29) is 18.6 Å². The molecule has 0 aliphatic carbocycles. The first-order valence-corrected chi connectivity index (χ1v) is 5.26. The molecule has 14 heavy (non-hydrogen) atoms. The molecule has 82 valence electrons. The Hall–Kier alpha value is -0.610. The zero-order chi connectivity index (χ0) is 10.6. The highest BCUT2D eigenvalue weighted by atomic mass is 16.5. The lowest BCUT2D eigenvalue weighted by molar-refractivity contribution is -0.143. The SMILES string of the molecule is CCC(C)C(N)CN1CCOCC1=O. The van der Waals surface area contributed by atoms with Gasteiger partial charge in [0.2, 0.25) is 5.91 Å². The van der Waals surface area contributed by atoms with Gasteiger partial charge in [-0.2, -0.15) is 0 Å². The van der Waals surface area contributed by atoms with Gasteiger partial charge in [-0.3, -0.25) is 4.79 Å². The summed E-state index contributed by atoms with van der Waals surface area (Å²) in [6.07, 6.45) is 1.06. The van der Waals surface area contributed by atoms with E-state index < -0.39 is 0 Å². The van der Waals surface area contributed by atoms with Crippen molar-refractivity contribution < 1.29 is 9.53 Å². The topological polar surface area (TPSA) is 55.6 Å². The molecular formula is C10H20N2O2. The largest absolute Gasteiger partial charge is 0.370 e. The standard InChI is InChI=1S/C10H20N2O2/c1-3-8(2)9(11)6-12-4-5-14-7-10(12)13/h8-9H,3-7,11H2,1-2H3. The van der Waals surface area contributed by atoms with Crippen LogP contribution in [0.15, 0.2) is 0 Å². The van der Waals surface area contributed by atoms with Gasteiger partial charge in [0.25, 0.3) is 0 Å². The molecule has 1 amide bonds. The van der Waals surface area contributed by atoms with Gasteiger partial charge in [-0.15, -0.1) is 0 Å². The number of nitrogens with zero attached hydrogens (tertiary/aromatic N) is 1. The summed E-state index contributed by atoms with van der Waals surface area (Å²) < 4.78 is 5.05. The van der Waals surface area contributed by atoms with Crippen LogP contribution in [-0.4, -0.2) is 43.2 Å². The molecule has 1 saturated heterocycles. The number of amides is 1. The third kappa shape index (κ3) is 2.96. The van der Waals surface area contributed by atoms with Gasteiger partial charge in [0.05, 0.1) is 6.61 Å². The Labute approximate surface area is 85.4 Å². The highest BCUT2D eigenvalue weighted by Gasteiger charge is 2.22. The number of morpholine rings is 1. The van der Waals surface area contributed by atoms with Gasteiger partial charge in [0.1, 0.15) is 6.61 Å². The van der Waals surface area contributed by atoms with Crippen LogP contribution in [-0.2, 0) is 9.53 Å². The Kier molecular flexibility index (Phi) is 4.35. The maximum Gasteiger partial charge on any atom is 0.248 e. The maximum absolute atomic E-state index is 11.4. The molecule has 0 bridgehead atoms. The van der Waals surface area contributed by atoms with E-state index in [9.17, 15) is 4.79 Å². The summed E-state index contributed by atoms with van der Waals surface area (Å²) in [6.45, 7) is 6.44. The van der Waals surface area contributed by atoms with E-state index in [1.807, 2.05) is 0 Å². The normalized spacial score (nSPS) is 22.2. The van der Waals surface area contributed by atoms with Crippen molar-refractivity contribution in [1.82, 2.24) is 4.90 Å². The lowest BCUT2D eigenvalue weighted by atomic mass is 9.99. The molecular weight excluding hydrogens is 180 g/mol. The molecule has 1 aliphatic heterocycles. The van der Waals surface area contributed by atoms with E-state index >= 15 is 0 Å². The van der Waals surface area contributed by atoms with Crippen molar-refractivity contribution in [3.8, 4) is 0 Å². The number of rotatable bonds is 4. The van der Waals surface area contributed by atoms with Gasteiger partial charge in [-0.1, -0.05) is 20.3 Å². The smallest absolute Gasteiger partial charge is 0.248 e. The van der Waals surface area contributed by atoms with Crippen LogP contribution in [0.3, 0.4) is 0 Å². The van der Waals surface area contributed by atoms with Crippen LogP contribution in [0.25, 0.3) is 0 Å². The summed E-state index contributed by atoms with van der Waals surface area (Å²) in [5.74, 6) is 0.528. The van der Waals surface area contributed by atoms with Gasteiger partial charge >= 0.3 is 0 Å². The second kappa shape index (κ2) is 5.32. The van der Waals surface area contributed by atoms with Gasteiger partial charge < -0.3 is 15.4 Å². The van der Waals surface area contributed by atoms with Crippen LogP contribution in [0, 0.1) is 5.92 Å². The molecule has 1 aliphatic rings. The predicted octanol–water partition coefficient (Wildman–Crippen LogP) is 0.219. The number of carbonyl (C=O) groups is 1. The Morgan fingerprint density at radius 1 is 1.64 bits per heavy atom. The lowest BCUT2D eigenvalue weighted by Gasteiger charge is -2.31. The van der Waals surface area contributed by atoms with Crippen LogP contribution < -0.4 is 5.73 Å². The second-order valence-corrected chi connectivity index (χ2v) is 3.94. The van der Waals surface area contributed by atoms with Gasteiger partial charge in [-0.05, 0) is 5.92 Å². The van der Waals surface area contributed by atoms with E-state index in [1.165, 1.54) is 0 Å². The minimum Gasteiger partial charge on any atom is -0.370 e. The van der Waals surface area contributed by atoms with E-state index in [1.54, 1.807) is 4.90 Å². The van der Waals surface area contributed by atoms with Crippen LogP contribution in [0.4, 0.5) is 0 Å². The summed E-state index contributed by atoms with van der Waals surface area (Å²) in [5.41, 5.74) is 5.99. The number of nitrogens with two attached hydrogens (primary N) is 1. The first-order valence-electron chi connectivity index (χ1n) is 5.26. The van der Waals surface area contributed by atoms with Crippen molar-refractivity contribution in [3.63, 3.8) is 0 Å². The fourth-order valence-electron chi connectivity index (χ4n) is 1.48. The fraction of sp³-hybridized carbons (Fsp3) is 0.900. The summed E-state index contributed by atoms with van der Waals surface area (Å²) >= 11 is 0. The van der Waals surface area contributed by atoms with Crippen molar-refractivity contribution in [2.24, 2.45) is 11.7 Å². The molecule has 0 aromatic rings. The van der Waals surface area contributed by atoms with Gasteiger partial charge in [0.15, 0.2) is 0 Å². The summed E-state index contributed by atoms with van der Waals surface area (Å²) in [7, 11) is 0. The van der Waals surface area contributed by atoms with Crippen LogP contribution in [0.1, 0.15) is 20.3 Å². The molecule has 2 atom stereocenters. The van der Waals surface area contributed by atoms with E-state index in [0.29, 0.717) is 25.6 Å². The van der Waals surface area contributed by atoms with Crippen molar-refractivity contribution in [2.45, 2.75) is 26.3 Å². The molecule has 2 N–H and O–H groups in total. The summed E-state index contributed by atoms with van der Waals surface area (Å²) in [6, 6.07) is 0.0852. The van der Waals surface area contributed by atoms with Crippen molar-refractivity contribution >= 4 is 5.91 Å². The molecule has 4 nitrogen and oxygen atoms in total. The highest BCUT2D eigenvalue weighted by molar-refractivity contribution is 5.78. The van der Waals surface area contributed by atoms with E-state index in [4.69, 9.17) is 10.5 Å². The third-order valence-corrected chi connectivity index (χ3v) is 2.89. The first kappa shape index (κ1) is 11.5. The molecule has 1 rings (SSSR count). The van der Waals surface area contributed by atoms with Crippen LogP contribution in [0.5, 0.6) is 0 Å². The number of hydrogen-bond donors (Lipinski definition) is 1. The quantitative estimate of drug-likeness (QED) is 0.706. The average Bonchev–Trinajstić information content (AvgIpc) is 2.20. The number of hydrogen-bond acceptors (Lipinski definition) is 3. The highest BCUT2D eigenvalue weighted by Crippen LogP contribution is 2.08. The Morgan fingerprint density at radius 3 is 2.93 bits per heavy atom. The van der Waals surface area contributed by atoms with Gasteiger partial charge in [0, 0.05) is 19.1 Å². The molecule has 0 aromatic carbocycles. The van der Waals surface area contributed by atoms with Crippen LogP contribution in [0.2, 0.25) is 0 Å². The zero-order valence-corrected chi connectivity index (χ0v) is 9.03. The third-order valence-electron chi connectivity index (χ3n) is 2.89. The summed E-state index contributed by atoms with van der Waals surface area (Å²) in [4.78, 5) is 13.2. The molecule has 0 spiro atoms. The summed E-state index contributed by atoms with van der Waals surface area (Å²) in [5, 5.41) is 0. The minimum atomic E-state index is 0.0648. The molecule has 2 unspecified atom stereocenters. The maximum atomic E-state index is 11.4. The van der Waals surface area contributed by atoms with Crippen molar-refractivity contribution in [2.75, 3.05) is 26.3 Å². The second-order valence-electron chi connectivity index (χ2n) is 3.94. The lowest BCUT2D eigenvalue weighted by Crippen LogP contribution is -2.49. The number of ether oxygens (including phenoxy) is 1. The van der Waals surface area contributed by atoms with Crippen molar-refractivity contribution in [3.05, 3.63) is 0 Å². The van der Waals surface area contributed by atoms with Gasteiger partial charge in [-0.25, -0.2) is 0 Å². The molecule has 1 heterocycles.